The predicted molar refractivity (Wildman–Crippen MR) is 61.0 cm³/mol. The van der Waals surface area contributed by atoms with Crippen LogP contribution < -0.4 is 0 Å². The second-order valence-electron chi connectivity index (χ2n) is 5.65. The fourth-order valence-electron chi connectivity index (χ4n) is 3.10. The van der Waals surface area contributed by atoms with Gasteiger partial charge in [0, 0.05) is 5.41 Å². The van der Waals surface area contributed by atoms with Crippen LogP contribution in [0.2, 0.25) is 0 Å². The molecule has 0 saturated heterocycles. The molecular weight excluding hydrogens is 281 g/mol. The van der Waals surface area contributed by atoms with Crippen molar-refractivity contribution in [1.82, 2.24) is 0 Å². The summed E-state index contributed by atoms with van der Waals surface area (Å²) in [6.07, 6.45) is -5.88. The van der Waals surface area contributed by atoms with Gasteiger partial charge in [-0.2, -0.15) is 13.2 Å². The molecule has 3 N–H and O–H groups in total. The third-order valence-electron chi connectivity index (χ3n) is 4.72. The zero-order valence-electron chi connectivity index (χ0n) is 11.1. The van der Waals surface area contributed by atoms with Gasteiger partial charge in [0.05, 0.1) is 11.7 Å². The maximum atomic E-state index is 13.5. The highest BCUT2D eigenvalue weighted by molar-refractivity contribution is 5.87. The Kier molecular flexibility index (Phi) is 3.37. The highest BCUT2D eigenvalue weighted by Gasteiger charge is 2.80. The molecule has 20 heavy (non-hydrogen) atoms. The molecule has 1 aliphatic carbocycles. The van der Waals surface area contributed by atoms with Crippen molar-refractivity contribution < 1.29 is 38.1 Å². The number of rotatable bonds is 2. The predicted octanol–water partition coefficient (Wildman–Crippen LogP) is 2.58. The largest absolute Gasteiger partial charge is 0.516 e. The Bertz CT molecular complexity index is 494. The molecule has 0 aliphatic heterocycles. The van der Waals surface area contributed by atoms with Crippen molar-refractivity contribution in [3.05, 3.63) is 11.8 Å². The summed E-state index contributed by atoms with van der Waals surface area (Å²) in [6, 6.07) is 0. The minimum Gasteiger partial charge on any atom is -0.516 e. The third kappa shape index (κ3) is 1.50. The van der Waals surface area contributed by atoms with Crippen LogP contribution in [0.3, 0.4) is 0 Å². The summed E-state index contributed by atoms with van der Waals surface area (Å²) in [5.74, 6) is -3.77. The Balaban J connectivity index is 3.83. The Morgan fingerprint density at radius 3 is 1.80 bits per heavy atom. The van der Waals surface area contributed by atoms with Crippen molar-refractivity contribution >= 4 is 11.9 Å². The van der Waals surface area contributed by atoms with Crippen LogP contribution in [0.1, 0.15) is 27.2 Å². The van der Waals surface area contributed by atoms with Crippen LogP contribution in [0.25, 0.3) is 0 Å². The normalized spacial score (nSPS) is 35.2. The average Bonchev–Trinajstić information content (AvgIpc) is 2.43. The summed E-state index contributed by atoms with van der Waals surface area (Å²) in [5, 5.41) is 27.5. The number of halogens is 3. The number of carboxylic acid groups (broad SMARTS) is 2. The first kappa shape index (κ1) is 16.3. The standard InChI is InChI=1S/C12H15F3O5/c1-9(2)10(3,7(17)18)4-6(5-16)11(9,8(19)20)12(13,14)15/h5,16H,4H2,1-3H3,(H,17,18)(H,19,20)/b6-5-. The smallest absolute Gasteiger partial charge is 0.409 e. The summed E-state index contributed by atoms with van der Waals surface area (Å²) in [6.45, 7) is 2.94. The number of carbonyl (C=O) groups is 2. The van der Waals surface area contributed by atoms with E-state index in [-0.39, 0.29) is 6.26 Å². The maximum Gasteiger partial charge on any atom is 0.409 e. The second kappa shape index (κ2) is 4.13. The monoisotopic (exact) mass is 296 g/mol. The first-order valence-corrected chi connectivity index (χ1v) is 5.68. The molecule has 0 spiro atoms. The van der Waals surface area contributed by atoms with Gasteiger partial charge in [-0.3, -0.25) is 9.59 Å². The second-order valence-corrected chi connectivity index (χ2v) is 5.65. The molecule has 1 rings (SSSR count). The molecule has 2 atom stereocenters. The molecule has 1 aliphatic rings. The van der Waals surface area contributed by atoms with E-state index in [1.54, 1.807) is 0 Å². The summed E-state index contributed by atoms with van der Waals surface area (Å²) in [5.41, 5.74) is -8.46. The molecule has 0 aromatic rings. The minimum absolute atomic E-state index is 0.0670. The lowest BCUT2D eigenvalue weighted by molar-refractivity contribution is -0.250. The molecule has 0 aromatic carbocycles. The summed E-state index contributed by atoms with van der Waals surface area (Å²) in [4.78, 5) is 22.8. The van der Waals surface area contributed by atoms with Crippen molar-refractivity contribution in [3.63, 3.8) is 0 Å². The number of aliphatic carboxylic acids is 2. The Morgan fingerprint density at radius 2 is 1.60 bits per heavy atom. The van der Waals surface area contributed by atoms with Crippen LogP contribution in [0, 0.1) is 16.2 Å². The van der Waals surface area contributed by atoms with Gasteiger partial charge in [-0.1, -0.05) is 13.8 Å². The number of alkyl halides is 3. The summed E-state index contributed by atoms with van der Waals surface area (Å²) < 4.78 is 40.4. The van der Waals surface area contributed by atoms with E-state index in [4.69, 9.17) is 5.11 Å². The molecular formula is C12H15F3O5. The van der Waals surface area contributed by atoms with Crippen LogP contribution in [0.4, 0.5) is 13.2 Å². The molecule has 5 nitrogen and oxygen atoms in total. The van der Waals surface area contributed by atoms with Crippen LogP contribution in [0.15, 0.2) is 11.8 Å². The lowest BCUT2D eigenvalue weighted by Crippen LogP contribution is -2.57. The van der Waals surface area contributed by atoms with E-state index < -0.39 is 46.4 Å². The van der Waals surface area contributed by atoms with Gasteiger partial charge < -0.3 is 15.3 Å². The highest BCUT2D eigenvalue weighted by Crippen LogP contribution is 2.70. The van der Waals surface area contributed by atoms with E-state index in [0.29, 0.717) is 0 Å². The van der Waals surface area contributed by atoms with Crippen molar-refractivity contribution in [1.29, 1.82) is 0 Å². The Hall–Kier alpha value is -1.73. The third-order valence-corrected chi connectivity index (χ3v) is 4.72. The van der Waals surface area contributed by atoms with Crippen LogP contribution in [-0.4, -0.2) is 33.4 Å². The first-order valence-electron chi connectivity index (χ1n) is 5.68. The zero-order valence-corrected chi connectivity index (χ0v) is 11.1. The topological polar surface area (TPSA) is 94.8 Å². The average molecular weight is 296 g/mol. The zero-order chi connectivity index (χ0) is 16.1. The van der Waals surface area contributed by atoms with Crippen LogP contribution in [0.5, 0.6) is 0 Å². The van der Waals surface area contributed by atoms with Crippen molar-refractivity contribution in [2.24, 2.45) is 16.2 Å². The minimum atomic E-state index is -5.25. The number of aliphatic hydroxyl groups is 1. The van der Waals surface area contributed by atoms with E-state index in [1.165, 1.54) is 0 Å². The van der Waals surface area contributed by atoms with E-state index in [2.05, 4.69) is 0 Å². The molecule has 0 heterocycles. The van der Waals surface area contributed by atoms with Gasteiger partial charge in [-0.25, -0.2) is 0 Å². The summed E-state index contributed by atoms with van der Waals surface area (Å²) >= 11 is 0. The number of carboxylic acids is 2. The van der Waals surface area contributed by atoms with Crippen LogP contribution >= 0.6 is 0 Å². The molecule has 1 saturated carbocycles. The first-order chi connectivity index (χ1) is 8.80. The lowest BCUT2D eigenvalue weighted by Gasteiger charge is -2.44. The van der Waals surface area contributed by atoms with E-state index >= 15 is 0 Å². The summed E-state index contributed by atoms with van der Waals surface area (Å²) in [7, 11) is 0. The maximum absolute atomic E-state index is 13.5. The highest BCUT2D eigenvalue weighted by atomic mass is 19.4. The molecule has 114 valence electrons. The molecule has 0 aromatic heterocycles. The lowest BCUT2D eigenvalue weighted by atomic mass is 9.58. The molecule has 1 fully saturated rings. The van der Waals surface area contributed by atoms with Gasteiger partial charge in [0.2, 0.25) is 0 Å². The quantitative estimate of drug-likeness (QED) is 0.681. The molecule has 0 radical (unpaired) electrons. The fourth-order valence-corrected chi connectivity index (χ4v) is 3.10. The van der Waals surface area contributed by atoms with Gasteiger partial charge >= 0.3 is 18.1 Å². The van der Waals surface area contributed by atoms with E-state index in [0.717, 1.165) is 20.8 Å². The van der Waals surface area contributed by atoms with Crippen molar-refractivity contribution in [2.45, 2.75) is 33.4 Å². The Morgan fingerprint density at radius 1 is 1.15 bits per heavy atom. The molecule has 8 heteroatoms. The fraction of sp³-hybridized carbons (Fsp3) is 0.667. The SMILES string of the molecule is CC1(C(=O)O)C/C(=C/O)C(C(=O)O)(C(F)(F)F)C1(C)C. The Labute approximate surface area is 112 Å². The van der Waals surface area contributed by atoms with Gasteiger partial charge in [0.15, 0.2) is 5.41 Å². The molecule has 0 amide bonds. The number of aliphatic hydroxyl groups excluding tert-OH is 1. The van der Waals surface area contributed by atoms with Gasteiger partial charge in [0.1, 0.15) is 0 Å². The van der Waals surface area contributed by atoms with Gasteiger partial charge in [0.25, 0.3) is 0 Å². The van der Waals surface area contributed by atoms with Crippen molar-refractivity contribution in [3.8, 4) is 0 Å². The van der Waals surface area contributed by atoms with Crippen LogP contribution in [-0.2, 0) is 9.59 Å². The van der Waals surface area contributed by atoms with Gasteiger partial charge in [-0.05, 0) is 18.9 Å². The number of hydrogen-bond donors (Lipinski definition) is 3. The molecule has 2 unspecified atom stereocenters. The van der Waals surface area contributed by atoms with Gasteiger partial charge in [-0.15, -0.1) is 0 Å². The van der Waals surface area contributed by atoms with E-state index in [9.17, 15) is 33.0 Å². The molecule has 0 bridgehead atoms. The van der Waals surface area contributed by atoms with Crippen molar-refractivity contribution in [2.75, 3.05) is 0 Å². The van der Waals surface area contributed by atoms with E-state index in [1.807, 2.05) is 0 Å². The number of hydrogen-bond acceptors (Lipinski definition) is 3.